The summed E-state index contributed by atoms with van der Waals surface area (Å²) in [6.07, 6.45) is 3.23. The molecule has 3 amide bonds. The maximum absolute atomic E-state index is 12.8. The Morgan fingerprint density at radius 1 is 1.15 bits per heavy atom. The maximum atomic E-state index is 12.8. The van der Waals surface area contributed by atoms with Crippen LogP contribution in [0.4, 0.5) is 11.5 Å². The molecule has 0 radical (unpaired) electrons. The Morgan fingerprint density at radius 2 is 1.88 bits per heavy atom. The highest BCUT2D eigenvalue weighted by molar-refractivity contribution is 5.95. The van der Waals surface area contributed by atoms with E-state index < -0.39 is 0 Å². The number of pyridine rings is 1. The highest BCUT2D eigenvalue weighted by Crippen LogP contribution is 2.21. The molecule has 1 aliphatic heterocycles. The molecule has 1 aromatic heterocycles. The fraction of sp³-hybridized carbons (Fsp3) is 0.400. The number of rotatable bonds is 8. The lowest BCUT2D eigenvalue weighted by Gasteiger charge is -2.31. The average molecular weight is 448 g/mol. The minimum Gasteiger partial charge on any atom is -0.343 e. The van der Waals surface area contributed by atoms with Crippen molar-refractivity contribution in [3.8, 4) is 6.07 Å². The zero-order valence-electron chi connectivity index (χ0n) is 18.9. The third-order valence-electron chi connectivity index (χ3n) is 5.75. The van der Waals surface area contributed by atoms with E-state index in [2.05, 4.69) is 16.4 Å². The predicted molar refractivity (Wildman–Crippen MR) is 125 cm³/mol. The van der Waals surface area contributed by atoms with Gasteiger partial charge in [0.25, 0.3) is 0 Å². The number of aryl methyl sites for hydroxylation is 1. The molecule has 2 aromatic rings. The number of likely N-dealkylation sites (tertiary alicyclic amines) is 1. The first kappa shape index (κ1) is 23.9. The standard InChI is InChI=1S/C25H29N5O3/c1-19-10-14-27-22(18-19)28-25(33)20-11-16-29(17-12-20)23(31)8-9-24(32)30(15-5-13-26)21-6-3-2-4-7-21/h2-4,6-7,10,14,18,20H,5,8-9,11-12,15-17H2,1H3,(H,27,28,33). The van der Waals surface area contributed by atoms with Gasteiger partial charge < -0.3 is 15.1 Å². The van der Waals surface area contributed by atoms with Crippen molar-refractivity contribution in [2.75, 3.05) is 29.9 Å². The van der Waals surface area contributed by atoms with E-state index in [1.54, 1.807) is 16.0 Å². The van der Waals surface area contributed by atoms with Gasteiger partial charge in [-0.3, -0.25) is 14.4 Å². The summed E-state index contributed by atoms with van der Waals surface area (Å²) in [4.78, 5) is 45.4. The molecule has 3 rings (SSSR count). The Morgan fingerprint density at radius 3 is 2.55 bits per heavy atom. The van der Waals surface area contributed by atoms with Crippen LogP contribution in [-0.4, -0.2) is 47.2 Å². The molecule has 1 aromatic carbocycles. The van der Waals surface area contributed by atoms with Crippen LogP contribution in [0.3, 0.4) is 0 Å². The van der Waals surface area contributed by atoms with E-state index in [-0.39, 0.29) is 42.9 Å². The van der Waals surface area contributed by atoms with Crippen molar-refractivity contribution in [3.05, 3.63) is 54.2 Å². The first-order chi connectivity index (χ1) is 16.0. The number of anilines is 2. The molecule has 0 atom stereocenters. The molecule has 8 nitrogen and oxygen atoms in total. The Labute approximate surface area is 194 Å². The van der Waals surface area contributed by atoms with Gasteiger partial charge >= 0.3 is 0 Å². The largest absolute Gasteiger partial charge is 0.343 e. The number of amides is 3. The molecule has 0 aliphatic carbocycles. The molecule has 1 saturated heterocycles. The summed E-state index contributed by atoms with van der Waals surface area (Å²) < 4.78 is 0. The molecule has 1 fully saturated rings. The third-order valence-corrected chi connectivity index (χ3v) is 5.75. The topological polar surface area (TPSA) is 106 Å². The Kier molecular flexibility index (Phi) is 8.53. The van der Waals surface area contributed by atoms with Crippen LogP contribution in [0.2, 0.25) is 0 Å². The lowest BCUT2D eigenvalue weighted by molar-refractivity contribution is -0.135. The zero-order chi connectivity index (χ0) is 23.6. The third kappa shape index (κ3) is 6.88. The molecule has 1 N–H and O–H groups in total. The minimum atomic E-state index is -0.176. The van der Waals surface area contributed by atoms with E-state index in [1.165, 1.54) is 0 Å². The molecular formula is C25H29N5O3. The van der Waals surface area contributed by atoms with Crippen LogP contribution in [-0.2, 0) is 14.4 Å². The monoisotopic (exact) mass is 447 g/mol. The predicted octanol–water partition coefficient (Wildman–Crippen LogP) is 3.29. The summed E-state index contributed by atoms with van der Waals surface area (Å²) in [5.74, 6) is 0.0286. The van der Waals surface area contributed by atoms with Gasteiger partial charge in [0.15, 0.2) is 0 Å². The molecule has 0 bridgehead atoms. The second-order valence-electron chi connectivity index (χ2n) is 8.15. The molecule has 172 valence electrons. The number of carbonyl (C=O) groups is 3. The average Bonchev–Trinajstić information content (AvgIpc) is 2.83. The normalized spacial score (nSPS) is 13.8. The highest BCUT2D eigenvalue weighted by Gasteiger charge is 2.28. The molecule has 8 heteroatoms. The molecule has 0 spiro atoms. The van der Waals surface area contributed by atoms with E-state index in [0.29, 0.717) is 38.3 Å². The summed E-state index contributed by atoms with van der Waals surface area (Å²) in [7, 11) is 0. The van der Waals surface area contributed by atoms with Crippen molar-refractivity contribution < 1.29 is 14.4 Å². The van der Waals surface area contributed by atoms with Crippen LogP contribution >= 0.6 is 0 Å². The van der Waals surface area contributed by atoms with Crippen LogP contribution in [0, 0.1) is 24.2 Å². The van der Waals surface area contributed by atoms with Gasteiger partial charge in [0, 0.05) is 50.3 Å². The minimum absolute atomic E-state index is 0.0774. The van der Waals surface area contributed by atoms with Gasteiger partial charge in [-0.25, -0.2) is 4.98 Å². The van der Waals surface area contributed by atoms with Crippen LogP contribution in [0.25, 0.3) is 0 Å². The molecular weight excluding hydrogens is 418 g/mol. The number of hydrogen-bond donors (Lipinski definition) is 1. The number of para-hydroxylation sites is 1. The quantitative estimate of drug-likeness (QED) is 0.668. The van der Waals surface area contributed by atoms with Gasteiger partial charge in [-0.2, -0.15) is 5.26 Å². The summed E-state index contributed by atoms with van der Waals surface area (Å²) in [6.45, 7) is 3.21. The number of nitriles is 1. The lowest BCUT2D eigenvalue weighted by atomic mass is 9.95. The molecule has 33 heavy (non-hydrogen) atoms. The van der Waals surface area contributed by atoms with E-state index in [9.17, 15) is 14.4 Å². The first-order valence-corrected chi connectivity index (χ1v) is 11.2. The van der Waals surface area contributed by atoms with Gasteiger partial charge in [0.2, 0.25) is 17.7 Å². The van der Waals surface area contributed by atoms with E-state index in [0.717, 1.165) is 11.3 Å². The summed E-state index contributed by atoms with van der Waals surface area (Å²) in [5, 5.41) is 11.8. The van der Waals surface area contributed by atoms with Gasteiger partial charge in [-0.15, -0.1) is 0 Å². The second kappa shape index (κ2) is 11.8. The summed E-state index contributed by atoms with van der Waals surface area (Å²) >= 11 is 0. The van der Waals surface area contributed by atoms with Crippen LogP contribution in [0.15, 0.2) is 48.7 Å². The zero-order valence-corrected chi connectivity index (χ0v) is 18.9. The van der Waals surface area contributed by atoms with Crippen molar-refractivity contribution in [1.82, 2.24) is 9.88 Å². The number of piperidine rings is 1. The number of nitrogens with zero attached hydrogens (tertiary/aromatic N) is 4. The van der Waals surface area contributed by atoms with Gasteiger partial charge in [-0.05, 0) is 49.6 Å². The van der Waals surface area contributed by atoms with Crippen LogP contribution in [0.5, 0.6) is 0 Å². The Balaban J connectivity index is 1.47. The molecule has 0 saturated carbocycles. The van der Waals surface area contributed by atoms with Crippen molar-refractivity contribution >= 4 is 29.2 Å². The highest BCUT2D eigenvalue weighted by atomic mass is 16.2. The number of nitrogens with one attached hydrogen (secondary N) is 1. The maximum Gasteiger partial charge on any atom is 0.228 e. The molecule has 0 unspecified atom stereocenters. The smallest absolute Gasteiger partial charge is 0.228 e. The number of benzene rings is 1. The van der Waals surface area contributed by atoms with Gasteiger partial charge in [0.05, 0.1) is 12.5 Å². The fourth-order valence-electron chi connectivity index (χ4n) is 3.90. The summed E-state index contributed by atoms with van der Waals surface area (Å²) in [6, 6.07) is 14.9. The molecule has 1 aliphatic rings. The van der Waals surface area contributed by atoms with E-state index in [1.807, 2.05) is 49.4 Å². The first-order valence-electron chi connectivity index (χ1n) is 11.2. The number of hydrogen-bond acceptors (Lipinski definition) is 5. The lowest BCUT2D eigenvalue weighted by Crippen LogP contribution is -2.42. The van der Waals surface area contributed by atoms with Crippen molar-refractivity contribution in [1.29, 1.82) is 5.26 Å². The van der Waals surface area contributed by atoms with Crippen molar-refractivity contribution in [3.63, 3.8) is 0 Å². The fourth-order valence-corrected chi connectivity index (χ4v) is 3.90. The van der Waals surface area contributed by atoms with Crippen molar-refractivity contribution in [2.24, 2.45) is 5.92 Å². The molecule has 2 heterocycles. The van der Waals surface area contributed by atoms with Crippen molar-refractivity contribution in [2.45, 2.75) is 39.0 Å². The second-order valence-corrected chi connectivity index (χ2v) is 8.15. The summed E-state index contributed by atoms with van der Waals surface area (Å²) in [5.41, 5.74) is 1.74. The number of aromatic nitrogens is 1. The van der Waals surface area contributed by atoms with Gasteiger partial charge in [0.1, 0.15) is 5.82 Å². The number of carbonyl (C=O) groups excluding carboxylic acids is 3. The van der Waals surface area contributed by atoms with E-state index >= 15 is 0 Å². The van der Waals surface area contributed by atoms with Crippen LogP contribution in [0.1, 0.15) is 37.7 Å². The van der Waals surface area contributed by atoms with Gasteiger partial charge in [-0.1, -0.05) is 18.2 Å². The SMILES string of the molecule is Cc1ccnc(NC(=O)C2CCN(C(=O)CCC(=O)N(CCC#N)c3ccccc3)CC2)c1. The van der Waals surface area contributed by atoms with E-state index in [4.69, 9.17) is 5.26 Å². The van der Waals surface area contributed by atoms with Crippen LogP contribution < -0.4 is 10.2 Å². The Hall–Kier alpha value is -3.73. The Bertz CT molecular complexity index is 1010.